The van der Waals surface area contributed by atoms with E-state index in [2.05, 4.69) is 15.2 Å². The molecular weight excluding hydrogens is 389 g/mol. The molecule has 0 aliphatic heterocycles. The Morgan fingerprint density at radius 2 is 1.79 bits per heavy atom. The highest BCUT2D eigenvalue weighted by molar-refractivity contribution is 5.90. The van der Waals surface area contributed by atoms with Crippen molar-refractivity contribution < 1.29 is 22.7 Å². The molecule has 2 aromatic rings. The van der Waals surface area contributed by atoms with Gasteiger partial charge in [0.25, 0.3) is 0 Å². The molecule has 1 aromatic heterocycles. The topological polar surface area (TPSA) is 128 Å². The Hall–Kier alpha value is -4.30. The molecule has 2 rings (SSSR count). The third-order valence-electron chi connectivity index (χ3n) is 3.50. The van der Waals surface area contributed by atoms with Crippen LogP contribution in [0.3, 0.4) is 0 Å². The van der Waals surface area contributed by atoms with Gasteiger partial charge in [-0.2, -0.15) is 34.1 Å². The van der Waals surface area contributed by atoms with Crippen LogP contribution in [-0.2, 0) is 10.9 Å². The zero-order valence-electron chi connectivity index (χ0n) is 14.8. The summed E-state index contributed by atoms with van der Waals surface area (Å²) in [6.45, 7) is 1.37. The molecule has 0 aliphatic rings. The van der Waals surface area contributed by atoms with E-state index in [-0.39, 0.29) is 23.7 Å². The van der Waals surface area contributed by atoms with Crippen molar-refractivity contribution in [2.24, 2.45) is 0 Å². The lowest BCUT2D eigenvalue weighted by atomic mass is 10.2. The van der Waals surface area contributed by atoms with Gasteiger partial charge >= 0.3 is 12.1 Å². The van der Waals surface area contributed by atoms with Crippen molar-refractivity contribution in [3.05, 3.63) is 53.0 Å². The minimum absolute atomic E-state index is 0.0123. The number of aromatic nitrogens is 2. The van der Waals surface area contributed by atoms with E-state index < -0.39 is 29.0 Å². The first kappa shape index (κ1) is 21.0. The monoisotopic (exact) mass is 400 g/mol. The number of halogens is 3. The molecule has 29 heavy (non-hydrogen) atoms. The summed E-state index contributed by atoms with van der Waals surface area (Å²) < 4.78 is 45.7. The number of anilines is 1. The molecule has 11 heteroatoms. The first-order chi connectivity index (χ1) is 13.8. The van der Waals surface area contributed by atoms with Gasteiger partial charge in [-0.15, -0.1) is 0 Å². The number of rotatable bonds is 5. The van der Waals surface area contributed by atoms with Crippen LogP contribution < -0.4 is 5.32 Å². The molecule has 8 nitrogen and oxygen atoms in total. The van der Waals surface area contributed by atoms with E-state index in [0.29, 0.717) is 4.68 Å². The fraction of sp³-hybridized carbons (Fsp3) is 0.167. The Morgan fingerprint density at radius 1 is 1.17 bits per heavy atom. The van der Waals surface area contributed by atoms with Crippen molar-refractivity contribution in [1.82, 2.24) is 9.78 Å². The summed E-state index contributed by atoms with van der Waals surface area (Å²) in [5.41, 5.74) is -2.51. The Bertz CT molecular complexity index is 1060. The summed E-state index contributed by atoms with van der Waals surface area (Å²) in [5, 5.41) is 32.8. The summed E-state index contributed by atoms with van der Waals surface area (Å²) in [4.78, 5) is 11.8. The molecule has 0 saturated carbocycles. The van der Waals surface area contributed by atoms with E-state index in [1.807, 2.05) is 0 Å². The number of hydrogen-bond donors (Lipinski definition) is 1. The molecule has 0 atom stereocenters. The second-order valence-electron chi connectivity index (χ2n) is 5.29. The van der Waals surface area contributed by atoms with Gasteiger partial charge in [0.05, 0.1) is 18.5 Å². The predicted octanol–water partition coefficient (Wildman–Crippen LogP) is 3.30. The van der Waals surface area contributed by atoms with Crippen LogP contribution in [0.4, 0.5) is 18.9 Å². The molecule has 1 N–H and O–H groups in total. The maximum absolute atomic E-state index is 13.5. The number of esters is 1. The molecular formula is C18H11F3N6O2. The van der Waals surface area contributed by atoms with E-state index in [1.165, 1.54) is 31.2 Å². The Morgan fingerprint density at radius 3 is 2.28 bits per heavy atom. The number of alkyl halides is 3. The van der Waals surface area contributed by atoms with Crippen LogP contribution in [0.2, 0.25) is 0 Å². The predicted molar refractivity (Wildman–Crippen MR) is 92.0 cm³/mol. The van der Waals surface area contributed by atoms with E-state index >= 15 is 0 Å². The van der Waals surface area contributed by atoms with Gasteiger partial charge < -0.3 is 10.1 Å². The lowest BCUT2D eigenvalue weighted by molar-refractivity contribution is -0.143. The van der Waals surface area contributed by atoms with Gasteiger partial charge in [-0.1, -0.05) is 0 Å². The van der Waals surface area contributed by atoms with Crippen LogP contribution in [0.15, 0.2) is 41.7 Å². The number of carbonyl (C=O) groups is 1. The maximum Gasteiger partial charge on any atom is 0.434 e. The molecule has 0 saturated heterocycles. The molecule has 0 aliphatic carbocycles. The van der Waals surface area contributed by atoms with Crippen molar-refractivity contribution in [1.29, 1.82) is 15.8 Å². The standard InChI is InChI=1S/C18H11F3N6O2/c1-2-29-17(28)14-10-25-27(16(14)18(19,20)21)13-5-3-12(4-6-13)26-15(9-24)11(7-22)8-23/h3-6,10,26H,2H2,1H3. The van der Waals surface area contributed by atoms with Crippen molar-refractivity contribution >= 4 is 11.7 Å². The average molecular weight is 400 g/mol. The summed E-state index contributed by atoms with van der Waals surface area (Å²) >= 11 is 0. The van der Waals surface area contributed by atoms with Gasteiger partial charge in [0.2, 0.25) is 0 Å². The summed E-state index contributed by atoms with van der Waals surface area (Å²) in [7, 11) is 0. The highest BCUT2D eigenvalue weighted by Crippen LogP contribution is 2.34. The van der Waals surface area contributed by atoms with Crippen molar-refractivity contribution in [3.8, 4) is 23.9 Å². The number of benzene rings is 1. The fourth-order valence-electron chi connectivity index (χ4n) is 2.29. The van der Waals surface area contributed by atoms with Crippen molar-refractivity contribution in [2.45, 2.75) is 13.1 Å². The third kappa shape index (κ3) is 4.52. The molecule has 1 heterocycles. The molecule has 0 radical (unpaired) electrons. The molecule has 0 amide bonds. The van der Waals surface area contributed by atoms with Crippen molar-refractivity contribution in [2.75, 3.05) is 11.9 Å². The smallest absolute Gasteiger partial charge is 0.434 e. The van der Waals surface area contributed by atoms with Crippen LogP contribution in [0.5, 0.6) is 0 Å². The average Bonchev–Trinajstić information content (AvgIpc) is 3.14. The molecule has 0 spiro atoms. The van der Waals surface area contributed by atoms with E-state index in [0.717, 1.165) is 6.20 Å². The fourth-order valence-corrected chi connectivity index (χ4v) is 2.29. The number of ether oxygens (including phenoxy) is 1. The zero-order chi connectivity index (χ0) is 21.6. The van der Waals surface area contributed by atoms with Gasteiger partial charge in [0.15, 0.2) is 11.3 Å². The van der Waals surface area contributed by atoms with Crippen LogP contribution in [-0.4, -0.2) is 22.4 Å². The minimum Gasteiger partial charge on any atom is -0.462 e. The Balaban J connectivity index is 2.44. The van der Waals surface area contributed by atoms with Crippen molar-refractivity contribution in [3.63, 3.8) is 0 Å². The van der Waals surface area contributed by atoms with Gasteiger partial charge in [-0.05, 0) is 31.2 Å². The lowest BCUT2D eigenvalue weighted by Crippen LogP contribution is -2.18. The second kappa shape index (κ2) is 8.59. The SMILES string of the molecule is CCOC(=O)c1cnn(-c2ccc(NC(C#N)=C(C#N)C#N)cc2)c1C(F)(F)F. The quantitative estimate of drug-likeness (QED) is 0.602. The molecule has 146 valence electrons. The molecule has 0 unspecified atom stereocenters. The summed E-state index contributed by atoms with van der Waals surface area (Å²) in [6, 6.07) is 9.94. The van der Waals surface area contributed by atoms with Crippen LogP contribution in [0.1, 0.15) is 23.0 Å². The first-order valence-electron chi connectivity index (χ1n) is 7.91. The Labute approximate surface area is 162 Å². The molecule has 0 fully saturated rings. The number of nitrogens with zero attached hydrogens (tertiary/aromatic N) is 5. The van der Waals surface area contributed by atoms with Crippen LogP contribution >= 0.6 is 0 Å². The van der Waals surface area contributed by atoms with E-state index in [1.54, 1.807) is 18.2 Å². The van der Waals surface area contributed by atoms with Gasteiger partial charge in [0, 0.05) is 5.69 Å². The normalized spacial score (nSPS) is 10.2. The van der Waals surface area contributed by atoms with Gasteiger partial charge in [-0.3, -0.25) is 0 Å². The number of nitrogens with one attached hydrogen (secondary N) is 1. The summed E-state index contributed by atoms with van der Waals surface area (Å²) in [5.74, 6) is -1.14. The number of nitriles is 3. The molecule has 0 bridgehead atoms. The van der Waals surface area contributed by atoms with Gasteiger partial charge in [0.1, 0.15) is 29.5 Å². The van der Waals surface area contributed by atoms with E-state index in [9.17, 15) is 18.0 Å². The first-order valence-corrected chi connectivity index (χ1v) is 7.91. The van der Waals surface area contributed by atoms with Gasteiger partial charge in [-0.25, -0.2) is 9.48 Å². The lowest BCUT2D eigenvalue weighted by Gasteiger charge is -2.13. The molecule has 1 aromatic carbocycles. The highest BCUT2D eigenvalue weighted by Gasteiger charge is 2.41. The summed E-state index contributed by atoms with van der Waals surface area (Å²) in [6.07, 6.45) is -4.10. The maximum atomic E-state index is 13.5. The zero-order valence-corrected chi connectivity index (χ0v) is 14.8. The number of carbonyl (C=O) groups excluding carboxylic acids is 1. The third-order valence-corrected chi connectivity index (χ3v) is 3.50. The Kier molecular flexibility index (Phi) is 6.22. The number of allylic oxidation sites excluding steroid dienone is 2. The minimum atomic E-state index is -4.87. The largest absolute Gasteiger partial charge is 0.462 e. The van der Waals surface area contributed by atoms with Crippen LogP contribution in [0, 0.1) is 34.0 Å². The second-order valence-corrected chi connectivity index (χ2v) is 5.29. The highest BCUT2D eigenvalue weighted by atomic mass is 19.4. The van der Waals surface area contributed by atoms with Crippen LogP contribution in [0.25, 0.3) is 5.69 Å². The van der Waals surface area contributed by atoms with E-state index in [4.69, 9.17) is 15.8 Å². The number of hydrogen-bond acceptors (Lipinski definition) is 7.